The first-order valence-corrected chi connectivity index (χ1v) is 7.29. The van der Waals surface area contributed by atoms with Crippen molar-refractivity contribution in [3.8, 4) is 6.07 Å². The third kappa shape index (κ3) is 3.26. The molecule has 2 fully saturated rings. The van der Waals surface area contributed by atoms with Gasteiger partial charge < -0.3 is 15.5 Å². The molecule has 0 bridgehead atoms. The van der Waals surface area contributed by atoms with Gasteiger partial charge in [0.1, 0.15) is 5.54 Å². The summed E-state index contributed by atoms with van der Waals surface area (Å²) in [6.45, 7) is 6.86. The molecule has 0 aromatic heterocycles. The minimum absolute atomic E-state index is 0.0817. The Morgan fingerprint density at radius 2 is 1.89 bits per heavy atom. The van der Waals surface area contributed by atoms with E-state index >= 15 is 0 Å². The summed E-state index contributed by atoms with van der Waals surface area (Å²) >= 11 is 0. The normalized spacial score (nSPS) is 32.9. The van der Waals surface area contributed by atoms with Crippen molar-refractivity contribution in [2.45, 2.75) is 38.1 Å². The molecule has 0 unspecified atom stereocenters. The van der Waals surface area contributed by atoms with Crippen LogP contribution in [0.25, 0.3) is 0 Å². The van der Waals surface area contributed by atoms with Gasteiger partial charge in [0.25, 0.3) is 0 Å². The Labute approximate surface area is 115 Å². The predicted molar refractivity (Wildman–Crippen MR) is 73.2 cm³/mol. The Bertz CT molecular complexity index is 360. The van der Waals surface area contributed by atoms with Crippen LogP contribution in [-0.4, -0.2) is 54.0 Å². The highest BCUT2D eigenvalue weighted by Crippen LogP contribution is 2.31. The molecular weight excluding hydrogens is 240 g/mol. The summed E-state index contributed by atoms with van der Waals surface area (Å²) in [6.07, 6.45) is 2.82. The lowest BCUT2D eigenvalue weighted by atomic mass is 9.77. The number of carbonyl (C=O) groups excluding carboxylic acids is 1. The molecule has 19 heavy (non-hydrogen) atoms. The van der Waals surface area contributed by atoms with Gasteiger partial charge >= 0.3 is 0 Å². The van der Waals surface area contributed by atoms with E-state index in [1.807, 2.05) is 4.90 Å². The van der Waals surface area contributed by atoms with Crippen LogP contribution in [0.15, 0.2) is 0 Å². The number of piperazine rings is 1. The molecule has 0 aromatic carbocycles. The first kappa shape index (κ1) is 14.3. The lowest BCUT2D eigenvalue weighted by molar-refractivity contribution is -0.138. The van der Waals surface area contributed by atoms with Crippen LogP contribution in [0.3, 0.4) is 0 Å². The molecule has 5 heteroatoms. The van der Waals surface area contributed by atoms with Gasteiger partial charge in [0.15, 0.2) is 0 Å². The van der Waals surface area contributed by atoms with Gasteiger partial charge in [-0.05, 0) is 32.2 Å². The summed E-state index contributed by atoms with van der Waals surface area (Å²) in [5.41, 5.74) is 5.25. The molecule has 2 aliphatic rings. The molecule has 0 atom stereocenters. The lowest BCUT2D eigenvalue weighted by Crippen LogP contribution is -2.51. The molecule has 0 radical (unpaired) electrons. The maximum Gasteiger partial charge on any atom is 0.225 e. The van der Waals surface area contributed by atoms with Gasteiger partial charge in [0, 0.05) is 32.1 Å². The average molecular weight is 264 g/mol. The minimum atomic E-state index is -0.697. The van der Waals surface area contributed by atoms with Crippen molar-refractivity contribution in [1.29, 1.82) is 5.26 Å². The fourth-order valence-corrected chi connectivity index (χ4v) is 3.03. The van der Waals surface area contributed by atoms with Gasteiger partial charge in [0.2, 0.25) is 5.91 Å². The summed E-state index contributed by atoms with van der Waals surface area (Å²) in [5.74, 6) is 0.356. The largest absolute Gasteiger partial charge is 0.340 e. The molecule has 1 aliphatic heterocycles. The maximum absolute atomic E-state index is 12.4. The van der Waals surface area contributed by atoms with Crippen molar-refractivity contribution in [1.82, 2.24) is 9.80 Å². The number of carbonyl (C=O) groups is 1. The van der Waals surface area contributed by atoms with Crippen LogP contribution in [0.5, 0.6) is 0 Å². The van der Waals surface area contributed by atoms with Crippen LogP contribution >= 0.6 is 0 Å². The standard InChI is InChI=1S/C14H24N4O/c1-2-17-7-9-18(10-8-17)13(19)12-3-5-14(16,11-15)6-4-12/h12H,2-10,16H2,1H3. The Morgan fingerprint density at radius 3 is 2.37 bits per heavy atom. The average Bonchev–Trinajstić information content (AvgIpc) is 2.47. The lowest BCUT2D eigenvalue weighted by Gasteiger charge is -2.38. The third-order valence-corrected chi connectivity index (χ3v) is 4.58. The number of hydrogen-bond donors (Lipinski definition) is 1. The summed E-state index contributed by atoms with van der Waals surface area (Å²) < 4.78 is 0. The number of amides is 1. The van der Waals surface area contributed by atoms with Gasteiger partial charge in [-0.15, -0.1) is 0 Å². The first-order chi connectivity index (χ1) is 9.08. The van der Waals surface area contributed by atoms with Crippen molar-refractivity contribution in [2.75, 3.05) is 32.7 Å². The molecular formula is C14H24N4O. The fourth-order valence-electron chi connectivity index (χ4n) is 3.03. The fraction of sp³-hybridized carbons (Fsp3) is 0.857. The Balaban J connectivity index is 1.84. The van der Waals surface area contributed by atoms with Crippen molar-refractivity contribution < 1.29 is 4.79 Å². The van der Waals surface area contributed by atoms with Gasteiger partial charge in [-0.25, -0.2) is 0 Å². The van der Waals surface area contributed by atoms with Crippen LogP contribution in [0.4, 0.5) is 0 Å². The van der Waals surface area contributed by atoms with Crippen LogP contribution in [0.2, 0.25) is 0 Å². The van der Waals surface area contributed by atoms with Crippen molar-refractivity contribution in [2.24, 2.45) is 11.7 Å². The summed E-state index contributed by atoms with van der Waals surface area (Å²) in [7, 11) is 0. The Kier molecular flexibility index (Phi) is 4.43. The monoisotopic (exact) mass is 264 g/mol. The molecule has 1 saturated carbocycles. The molecule has 1 amide bonds. The molecule has 0 spiro atoms. The van der Waals surface area contributed by atoms with E-state index < -0.39 is 5.54 Å². The van der Waals surface area contributed by atoms with E-state index in [0.717, 1.165) is 45.6 Å². The molecule has 5 nitrogen and oxygen atoms in total. The number of nitriles is 1. The highest BCUT2D eigenvalue weighted by molar-refractivity contribution is 5.79. The minimum Gasteiger partial charge on any atom is -0.340 e. The number of rotatable bonds is 2. The predicted octanol–water partition coefficient (Wildman–Crippen LogP) is 0.562. The van der Waals surface area contributed by atoms with Gasteiger partial charge in [0.05, 0.1) is 6.07 Å². The van der Waals surface area contributed by atoms with Crippen molar-refractivity contribution in [3.05, 3.63) is 0 Å². The zero-order chi connectivity index (χ0) is 13.9. The van der Waals surface area contributed by atoms with E-state index in [9.17, 15) is 4.79 Å². The van der Waals surface area contributed by atoms with Gasteiger partial charge in [-0.1, -0.05) is 6.92 Å². The summed E-state index contributed by atoms with van der Waals surface area (Å²) in [6, 6.07) is 2.18. The Morgan fingerprint density at radius 1 is 1.32 bits per heavy atom. The number of likely N-dealkylation sites (N-methyl/N-ethyl adjacent to an activating group) is 1. The zero-order valence-corrected chi connectivity index (χ0v) is 11.8. The van der Waals surface area contributed by atoms with Crippen LogP contribution in [0, 0.1) is 17.2 Å². The summed E-state index contributed by atoms with van der Waals surface area (Å²) in [4.78, 5) is 16.8. The second kappa shape index (κ2) is 5.89. The first-order valence-electron chi connectivity index (χ1n) is 7.29. The Hall–Kier alpha value is -1.12. The topological polar surface area (TPSA) is 73.4 Å². The molecule has 0 aromatic rings. The van der Waals surface area contributed by atoms with Crippen molar-refractivity contribution >= 4 is 5.91 Å². The van der Waals surface area contributed by atoms with Gasteiger partial charge in [-0.2, -0.15) is 5.26 Å². The second-order valence-electron chi connectivity index (χ2n) is 5.80. The van der Waals surface area contributed by atoms with E-state index in [4.69, 9.17) is 11.0 Å². The molecule has 1 saturated heterocycles. The van der Waals surface area contributed by atoms with Crippen LogP contribution in [0.1, 0.15) is 32.6 Å². The molecule has 1 aliphatic carbocycles. The van der Waals surface area contributed by atoms with Gasteiger partial charge in [-0.3, -0.25) is 4.79 Å². The highest BCUT2D eigenvalue weighted by atomic mass is 16.2. The SMILES string of the molecule is CCN1CCN(C(=O)C2CCC(N)(C#N)CC2)CC1. The molecule has 2 N–H and O–H groups in total. The molecule has 1 heterocycles. The van der Waals surface area contributed by atoms with Crippen LogP contribution in [-0.2, 0) is 4.79 Å². The highest BCUT2D eigenvalue weighted by Gasteiger charge is 2.36. The van der Waals surface area contributed by atoms with Crippen molar-refractivity contribution in [3.63, 3.8) is 0 Å². The number of hydrogen-bond acceptors (Lipinski definition) is 4. The van der Waals surface area contributed by atoms with E-state index in [-0.39, 0.29) is 11.8 Å². The second-order valence-corrected chi connectivity index (χ2v) is 5.80. The third-order valence-electron chi connectivity index (χ3n) is 4.58. The summed E-state index contributed by atoms with van der Waals surface area (Å²) in [5, 5.41) is 9.00. The number of nitrogens with zero attached hydrogens (tertiary/aromatic N) is 3. The zero-order valence-electron chi connectivity index (χ0n) is 11.8. The quantitative estimate of drug-likeness (QED) is 0.791. The van der Waals surface area contributed by atoms with Crippen LogP contribution < -0.4 is 5.73 Å². The molecule has 2 rings (SSSR count). The van der Waals surface area contributed by atoms with E-state index in [1.165, 1.54) is 0 Å². The number of nitrogens with two attached hydrogens (primary N) is 1. The van der Waals surface area contributed by atoms with E-state index in [2.05, 4.69) is 17.9 Å². The smallest absolute Gasteiger partial charge is 0.225 e. The van der Waals surface area contributed by atoms with E-state index in [1.54, 1.807) is 0 Å². The maximum atomic E-state index is 12.4. The molecule has 106 valence electrons. The van der Waals surface area contributed by atoms with E-state index in [0.29, 0.717) is 12.8 Å².